The maximum atomic E-state index is 12.5. The molecule has 1 fully saturated rings. The average molecular weight is 359 g/mol. The number of para-hydroxylation sites is 1. The summed E-state index contributed by atoms with van der Waals surface area (Å²) in [5, 5.41) is 0.706. The average Bonchev–Trinajstić information content (AvgIpc) is 2.71. The fraction of sp³-hybridized carbons (Fsp3) is 0.562. The summed E-state index contributed by atoms with van der Waals surface area (Å²) < 4.78 is 22.8. The van der Waals surface area contributed by atoms with Crippen molar-refractivity contribution in [3.05, 3.63) is 29.3 Å². The maximum Gasteiger partial charge on any atom is 0.226 e. The summed E-state index contributed by atoms with van der Waals surface area (Å²) >= 11 is 6.24. The topological polar surface area (TPSA) is 57.7 Å². The largest absolute Gasteiger partial charge is 0.368 e. The number of sulfone groups is 1. The monoisotopic (exact) mass is 358 g/mol. The van der Waals surface area contributed by atoms with Gasteiger partial charge in [-0.15, -0.1) is 0 Å². The van der Waals surface area contributed by atoms with E-state index in [0.29, 0.717) is 24.7 Å². The molecule has 0 bridgehead atoms. The van der Waals surface area contributed by atoms with Gasteiger partial charge in [-0.3, -0.25) is 4.79 Å². The van der Waals surface area contributed by atoms with Gasteiger partial charge in [0.1, 0.15) is 9.84 Å². The molecule has 2 rings (SSSR count). The molecule has 1 aromatic carbocycles. The minimum atomic E-state index is -3.15. The van der Waals surface area contributed by atoms with Crippen LogP contribution in [-0.2, 0) is 14.6 Å². The molecule has 1 aliphatic rings. The Morgan fingerprint density at radius 2 is 1.91 bits per heavy atom. The van der Waals surface area contributed by atoms with E-state index in [-0.39, 0.29) is 11.7 Å². The lowest BCUT2D eigenvalue weighted by atomic mass is 10.2. The van der Waals surface area contributed by atoms with E-state index in [0.717, 1.165) is 18.7 Å². The van der Waals surface area contributed by atoms with Crippen LogP contribution in [-0.4, -0.2) is 57.4 Å². The second-order valence-corrected chi connectivity index (χ2v) is 8.70. The number of benzene rings is 1. The van der Waals surface area contributed by atoms with E-state index in [1.165, 1.54) is 6.26 Å². The summed E-state index contributed by atoms with van der Waals surface area (Å²) in [5.41, 5.74) is 0.979. The standard InChI is InChI=1S/C16H23ClN2O3S/c1-13(12-23(2,21)22)16(20)19-9-5-8-18(10-11-19)15-7-4-3-6-14(15)17/h3-4,6-7,13H,5,8-12H2,1-2H3. The number of amides is 1. The summed E-state index contributed by atoms with van der Waals surface area (Å²) in [6, 6.07) is 7.68. The van der Waals surface area contributed by atoms with Crippen molar-refractivity contribution in [3.8, 4) is 0 Å². The number of carbonyl (C=O) groups excluding carboxylic acids is 1. The van der Waals surface area contributed by atoms with Crippen LogP contribution in [0.5, 0.6) is 0 Å². The van der Waals surface area contributed by atoms with Gasteiger partial charge in [0.2, 0.25) is 5.91 Å². The van der Waals surface area contributed by atoms with Gasteiger partial charge < -0.3 is 9.80 Å². The summed E-state index contributed by atoms with van der Waals surface area (Å²) in [5.74, 6) is -0.690. The fourth-order valence-corrected chi connectivity index (χ4v) is 4.23. The molecule has 0 saturated carbocycles. The van der Waals surface area contributed by atoms with Crippen molar-refractivity contribution >= 4 is 33.0 Å². The Morgan fingerprint density at radius 1 is 1.22 bits per heavy atom. The number of hydrogen-bond donors (Lipinski definition) is 0. The van der Waals surface area contributed by atoms with E-state index < -0.39 is 15.8 Å². The van der Waals surface area contributed by atoms with Crippen molar-refractivity contribution in [3.63, 3.8) is 0 Å². The first-order valence-electron chi connectivity index (χ1n) is 7.74. The normalized spacial score (nSPS) is 17.7. The Morgan fingerprint density at radius 3 is 2.57 bits per heavy atom. The molecule has 1 heterocycles. The smallest absolute Gasteiger partial charge is 0.226 e. The van der Waals surface area contributed by atoms with E-state index in [2.05, 4.69) is 4.90 Å². The molecule has 23 heavy (non-hydrogen) atoms. The summed E-state index contributed by atoms with van der Waals surface area (Å²) in [4.78, 5) is 16.4. The molecular formula is C16H23ClN2O3S. The third-order valence-corrected chi connectivity index (χ3v) is 5.40. The molecule has 128 valence electrons. The third-order valence-electron chi connectivity index (χ3n) is 3.98. The Hall–Kier alpha value is -1.27. The minimum absolute atomic E-state index is 0.0866. The van der Waals surface area contributed by atoms with Gasteiger partial charge in [-0.2, -0.15) is 0 Å². The Labute approximate surface area is 143 Å². The molecule has 1 unspecified atom stereocenters. The fourth-order valence-electron chi connectivity index (χ4n) is 2.92. The molecule has 1 aromatic rings. The van der Waals surface area contributed by atoms with Crippen LogP contribution in [0.2, 0.25) is 5.02 Å². The van der Waals surface area contributed by atoms with Crippen molar-refractivity contribution in [2.45, 2.75) is 13.3 Å². The molecule has 0 radical (unpaired) electrons. The molecule has 1 amide bonds. The highest BCUT2D eigenvalue weighted by atomic mass is 35.5. The summed E-state index contributed by atoms with van der Waals surface area (Å²) in [6.07, 6.45) is 2.00. The number of hydrogen-bond acceptors (Lipinski definition) is 4. The van der Waals surface area contributed by atoms with E-state index in [1.807, 2.05) is 24.3 Å². The first-order chi connectivity index (χ1) is 10.8. The van der Waals surface area contributed by atoms with E-state index >= 15 is 0 Å². The van der Waals surface area contributed by atoms with E-state index in [1.54, 1.807) is 11.8 Å². The lowest BCUT2D eigenvalue weighted by Crippen LogP contribution is -2.40. The highest BCUT2D eigenvalue weighted by molar-refractivity contribution is 7.90. The second kappa shape index (κ2) is 7.53. The van der Waals surface area contributed by atoms with Crippen molar-refractivity contribution < 1.29 is 13.2 Å². The molecule has 5 nitrogen and oxygen atoms in total. The van der Waals surface area contributed by atoms with Crippen LogP contribution >= 0.6 is 11.6 Å². The van der Waals surface area contributed by atoms with Crippen molar-refractivity contribution in [1.82, 2.24) is 4.90 Å². The van der Waals surface area contributed by atoms with Gasteiger partial charge in [-0.25, -0.2) is 8.42 Å². The molecule has 0 aliphatic carbocycles. The summed E-state index contributed by atoms with van der Waals surface area (Å²) in [7, 11) is -3.15. The minimum Gasteiger partial charge on any atom is -0.368 e. The lowest BCUT2D eigenvalue weighted by molar-refractivity contribution is -0.134. The van der Waals surface area contributed by atoms with Gasteiger partial charge in [0.25, 0.3) is 0 Å². The highest BCUT2D eigenvalue weighted by Gasteiger charge is 2.26. The molecule has 1 atom stereocenters. The Kier molecular flexibility index (Phi) is 5.92. The number of halogens is 1. The van der Waals surface area contributed by atoms with Gasteiger partial charge in [-0.05, 0) is 18.6 Å². The van der Waals surface area contributed by atoms with Gasteiger partial charge in [0.15, 0.2) is 0 Å². The van der Waals surface area contributed by atoms with Crippen LogP contribution < -0.4 is 4.90 Å². The number of carbonyl (C=O) groups is 1. The van der Waals surface area contributed by atoms with Crippen LogP contribution in [0.15, 0.2) is 24.3 Å². The SMILES string of the molecule is CC(CS(C)(=O)=O)C(=O)N1CCCN(c2ccccc2Cl)CC1. The number of anilines is 1. The van der Waals surface area contributed by atoms with Crippen LogP contribution in [0, 0.1) is 5.92 Å². The predicted molar refractivity (Wildman–Crippen MR) is 93.7 cm³/mol. The molecule has 0 aromatic heterocycles. The molecular weight excluding hydrogens is 336 g/mol. The van der Waals surface area contributed by atoms with Crippen LogP contribution in [0.3, 0.4) is 0 Å². The van der Waals surface area contributed by atoms with Crippen molar-refractivity contribution in [2.24, 2.45) is 5.92 Å². The molecule has 7 heteroatoms. The zero-order valence-corrected chi connectivity index (χ0v) is 15.1. The predicted octanol–water partition coefficient (Wildman–Crippen LogP) is 2.06. The maximum absolute atomic E-state index is 12.5. The van der Waals surface area contributed by atoms with Crippen molar-refractivity contribution in [2.75, 3.05) is 43.1 Å². The Balaban J connectivity index is 2.01. The molecule has 1 saturated heterocycles. The van der Waals surface area contributed by atoms with Crippen LogP contribution in [0.25, 0.3) is 0 Å². The first kappa shape index (κ1) is 18.1. The molecule has 0 N–H and O–H groups in total. The highest BCUT2D eigenvalue weighted by Crippen LogP contribution is 2.26. The second-order valence-electron chi connectivity index (χ2n) is 6.11. The third kappa shape index (κ3) is 5.11. The van der Waals surface area contributed by atoms with Gasteiger partial charge in [-0.1, -0.05) is 30.7 Å². The lowest BCUT2D eigenvalue weighted by Gasteiger charge is -2.25. The first-order valence-corrected chi connectivity index (χ1v) is 10.2. The van der Waals surface area contributed by atoms with Crippen LogP contribution in [0.1, 0.15) is 13.3 Å². The Bertz CT molecular complexity index is 663. The van der Waals surface area contributed by atoms with E-state index in [4.69, 9.17) is 11.6 Å². The van der Waals surface area contributed by atoms with Gasteiger partial charge in [0, 0.05) is 38.4 Å². The zero-order valence-electron chi connectivity index (χ0n) is 13.5. The van der Waals surface area contributed by atoms with E-state index in [9.17, 15) is 13.2 Å². The molecule has 0 spiro atoms. The zero-order chi connectivity index (χ0) is 17.0. The van der Waals surface area contributed by atoms with Crippen LogP contribution in [0.4, 0.5) is 5.69 Å². The van der Waals surface area contributed by atoms with Gasteiger partial charge >= 0.3 is 0 Å². The van der Waals surface area contributed by atoms with Gasteiger partial charge in [0.05, 0.1) is 16.5 Å². The number of nitrogens with zero attached hydrogens (tertiary/aromatic N) is 2. The quantitative estimate of drug-likeness (QED) is 0.826. The number of rotatable bonds is 4. The van der Waals surface area contributed by atoms with Crippen molar-refractivity contribution in [1.29, 1.82) is 0 Å². The molecule has 1 aliphatic heterocycles. The summed E-state index contributed by atoms with van der Waals surface area (Å²) in [6.45, 7) is 4.43.